The number of ether oxygens (including phenoxy) is 1. The van der Waals surface area contributed by atoms with E-state index in [4.69, 9.17) is 4.74 Å². The molecule has 2 aliphatic heterocycles. The normalized spacial score (nSPS) is 62.7. The Morgan fingerprint density at radius 1 is 1.32 bits per heavy atom. The molecule has 3 unspecified atom stereocenters. The molecule has 6 atom stereocenters. The van der Waals surface area contributed by atoms with Crippen LogP contribution in [0.1, 0.15) is 40.0 Å². The first kappa shape index (κ1) is 12.0. The topological polar surface area (TPSA) is 63.6 Å². The van der Waals surface area contributed by atoms with E-state index in [0.29, 0.717) is 19.4 Å². The van der Waals surface area contributed by atoms with Crippen LogP contribution >= 0.6 is 0 Å². The molecule has 5 rings (SSSR count). The number of aliphatic hydroxyl groups is 1. The van der Waals surface area contributed by atoms with Crippen molar-refractivity contribution in [2.45, 2.75) is 51.2 Å². The number of carbonyl (C=O) groups is 2. The van der Waals surface area contributed by atoms with E-state index in [1.807, 2.05) is 13.8 Å². The summed E-state index contributed by atoms with van der Waals surface area (Å²) in [6.07, 6.45) is 1.85. The monoisotopic (exact) mass is 264 g/mol. The molecule has 3 saturated carbocycles. The zero-order valence-electron chi connectivity index (χ0n) is 11.7. The summed E-state index contributed by atoms with van der Waals surface area (Å²) in [7, 11) is 0. The number of ketones is 2. The maximum Gasteiger partial charge on any atom is 0.193 e. The highest BCUT2D eigenvalue weighted by Gasteiger charge is 2.90. The molecule has 2 spiro atoms. The van der Waals surface area contributed by atoms with Crippen molar-refractivity contribution >= 4 is 11.6 Å². The van der Waals surface area contributed by atoms with Gasteiger partial charge in [-0.25, -0.2) is 0 Å². The van der Waals surface area contributed by atoms with Crippen LogP contribution in [0.15, 0.2) is 0 Å². The second-order valence-electron chi connectivity index (χ2n) is 7.34. The van der Waals surface area contributed by atoms with Gasteiger partial charge in [-0.1, -0.05) is 20.8 Å². The van der Waals surface area contributed by atoms with Gasteiger partial charge in [-0.15, -0.1) is 0 Å². The van der Waals surface area contributed by atoms with Crippen LogP contribution in [0.3, 0.4) is 0 Å². The van der Waals surface area contributed by atoms with Gasteiger partial charge in [0.05, 0.1) is 17.6 Å². The molecule has 5 aliphatic rings. The van der Waals surface area contributed by atoms with Crippen LogP contribution in [-0.2, 0) is 14.3 Å². The molecule has 0 radical (unpaired) electrons. The van der Waals surface area contributed by atoms with Crippen LogP contribution in [0.4, 0.5) is 0 Å². The van der Waals surface area contributed by atoms with Crippen molar-refractivity contribution in [2.24, 2.45) is 22.7 Å². The predicted octanol–water partition coefficient (Wildman–Crippen LogP) is 1.10. The summed E-state index contributed by atoms with van der Waals surface area (Å²) in [6.45, 7) is 6.18. The highest BCUT2D eigenvalue weighted by molar-refractivity contribution is 6.19. The fraction of sp³-hybridized carbons (Fsp3) is 0.867. The van der Waals surface area contributed by atoms with E-state index < -0.39 is 22.0 Å². The summed E-state index contributed by atoms with van der Waals surface area (Å²) < 4.78 is 5.84. The van der Waals surface area contributed by atoms with E-state index in [1.165, 1.54) is 0 Å². The van der Waals surface area contributed by atoms with Gasteiger partial charge in [-0.05, 0) is 18.8 Å². The molecule has 2 saturated heterocycles. The minimum absolute atomic E-state index is 0.0871. The first-order valence-corrected chi connectivity index (χ1v) is 7.22. The predicted molar refractivity (Wildman–Crippen MR) is 66.4 cm³/mol. The summed E-state index contributed by atoms with van der Waals surface area (Å²) in [6, 6.07) is 0. The molecule has 4 heteroatoms. The SMILES string of the molecule is CC1C(=O)C23OC[C@@]1(C)C1(O)CC[C@@H](C)[C@]21CC3=O. The van der Waals surface area contributed by atoms with Crippen LogP contribution < -0.4 is 0 Å². The molecule has 5 fully saturated rings. The summed E-state index contributed by atoms with van der Waals surface area (Å²) in [5.41, 5.74) is -3.47. The molecule has 2 bridgehead atoms. The Kier molecular flexibility index (Phi) is 1.78. The third kappa shape index (κ3) is 0.770. The Morgan fingerprint density at radius 2 is 2.00 bits per heavy atom. The minimum Gasteiger partial charge on any atom is -0.388 e. The van der Waals surface area contributed by atoms with E-state index in [9.17, 15) is 14.7 Å². The van der Waals surface area contributed by atoms with Crippen molar-refractivity contribution in [1.82, 2.24) is 0 Å². The zero-order valence-corrected chi connectivity index (χ0v) is 11.7. The maximum absolute atomic E-state index is 12.8. The van der Waals surface area contributed by atoms with Crippen molar-refractivity contribution in [3.8, 4) is 0 Å². The summed E-state index contributed by atoms with van der Waals surface area (Å²) >= 11 is 0. The molecular formula is C15H20O4. The lowest BCUT2D eigenvalue weighted by Crippen LogP contribution is -2.89. The largest absolute Gasteiger partial charge is 0.388 e. The second kappa shape index (κ2) is 2.82. The Labute approximate surface area is 112 Å². The average Bonchev–Trinajstić information content (AvgIpc) is 2.64. The second-order valence-corrected chi connectivity index (χ2v) is 7.34. The number of rotatable bonds is 0. The van der Waals surface area contributed by atoms with Gasteiger partial charge in [0, 0.05) is 17.8 Å². The van der Waals surface area contributed by atoms with Crippen LogP contribution in [0.5, 0.6) is 0 Å². The highest BCUT2D eigenvalue weighted by Crippen LogP contribution is 2.77. The Balaban J connectivity index is 2.05. The van der Waals surface area contributed by atoms with E-state index in [0.717, 1.165) is 6.42 Å². The molecule has 0 aromatic heterocycles. The van der Waals surface area contributed by atoms with Crippen molar-refractivity contribution in [3.63, 3.8) is 0 Å². The zero-order chi connectivity index (χ0) is 13.8. The number of hydrogen-bond donors (Lipinski definition) is 1. The van der Waals surface area contributed by atoms with E-state index >= 15 is 0 Å². The van der Waals surface area contributed by atoms with Gasteiger partial charge in [-0.3, -0.25) is 9.59 Å². The lowest BCUT2D eigenvalue weighted by Gasteiger charge is -2.74. The molecule has 4 nitrogen and oxygen atoms in total. The number of fused-ring (bicyclic) bond motifs is 2. The Bertz CT molecular complexity index is 528. The number of carbonyl (C=O) groups excluding carboxylic acids is 2. The van der Waals surface area contributed by atoms with Gasteiger partial charge < -0.3 is 9.84 Å². The third-order valence-electron chi connectivity index (χ3n) is 7.21. The lowest BCUT2D eigenvalue weighted by molar-refractivity contribution is -0.349. The van der Waals surface area contributed by atoms with Gasteiger partial charge >= 0.3 is 0 Å². The first-order valence-electron chi connectivity index (χ1n) is 7.22. The molecule has 104 valence electrons. The van der Waals surface area contributed by atoms with Crippen LogP contribution in [0, 0.1) is 22.7 Å². The number of hydrogen-bond acceptors (Lipinski definition) is 4. The van der Waals surface area contributed by atoms with E-state index in [2.05, 4.69) is 6.92 Å². The fourth-order valence-corrected chi connectivity index (χ4v) is 5.79. The molecule has 3 aliphatic carbocycles. The van der Waals surface area contributed by atoms with Crippen molar-refractivity contribution < 1.29 is 19.4 Å². The van der Waals surface area contributed by atoms with Crippen LogP contribution in [-0.4, -0.2) is 34.5 Å². The smallest absolute Gasteiger partial charge is 0.193 e. The van der Waals surface area contributed by atoms with E-state index in [-0.39, 0.29) is 23.4 Å². The molecular weight excluding hydrogens is 244 g/mol. The van der Waals surface area contributed by atoms with Crippen LogP contribution in [0.2, 0.25) is 0 Å². The average molecular weight is 264 g/mol. The molecule has 0 aromatic carbocycles. The lowest BCUT2D eigenvalue weighted by atomic mass is 9.34. The summed E-state index contributed by atoms with van der Waals surface area (Å²) in [5, 5.41) is 11.4. The molecule has 1 N–H and O–H groups in total. The van der Waals surface area contributed by atoms with Gasteiger partial charge in [-0.2, -0.15) is 0 Å². The van der Waals surface area contributed by atoms with E-state index in [1.54, 1.807) is 0 Å². The molecule has 19 heavy (non-hydrogen) atoms. The standard InChI is InChI=1S/C15H20O4/c1-8-4-5-14(18)12(3)7-19-15(11(17)9(12)2)10(16)6-13(8,14)15/h8-9,18H,4-7H2,1-3H3/t8-,9?,12-,13+,14?,15?/m1/s1. The Hall–Kier alpha value is -0.740. The summed E-state index contributed by atoms with van der Waals surface area (Å²) in [4.78, 5) is 25.0. The minimum atomic E-state index is -1.32. The quantitative estimate of drug-likeness (QED) is 0.665. The van der Waals surface area contributed by atoms with Gasteiger partial charge in [0.2, 0.25) is 0 Å². The highest BCUT2D eigenvalue weighted by atomic mass is 16.5. The maximum atomic E-state index is 12.8. The van der Waals surface area contributed by atoms with Gasteiger partial charge in [0.1, 0.15) is 0 Å². The van der Waals surface area contributed by atoms with Crippen molar-refractivity contribution in [1.29, 1.82) is 0 Å². The summed E-state index contributed by atoms with van der Waals surface area (Å²) in [5.74, 6) is -0.352. The molecule has 2 heterocycles. The first-order chi connectivity index (χ1) is 8.78. The van der Waals surface area contributed by atoms with Crippen molar-refractivity contribution in [2.75, 3.05) is 6.61 Å². The molecule has 0 amide bonds. The van der Waals surface area contributed by atoms with Gasteiger partial charge in [0.15, 0.2) is 17.2 Å². The number of Topliss-reactive ketones (excluding diaryl/α,β-unsaturated/α-hetero) is 2. The molecule has 0 aromatic rings. The third-order valence-corrected chi connectivity index (χ3v) is 7.21. The van der Waals surface area contributed by atoms with Crippen molar-refractivity contribution in [3.05, 3.63) is 0 Å². The van der Waals surface area contributed by atoms with Gasteiger partial charge in [0.25, 0.3) is 0 Å². The Morgan fingerprint density at radius 3 is 2.63 bits per heavy atom. The van der Waals surface area contributed by atoms with Crippen LogP contribution in [0.25, 0.3) is 0 Å². The fourth-order valence-electron chi connectivity index (χ4n) is 5.79.